The average Bonchev–Trinajstić information content (AvgIpc) is 2.88. The quantitative estimate of drug-likeness (QED) is 0.889. The second kappa shape index (κ2) is 6.31. The highest BCUT2D eigenvalue weighted by Crippen LogP contribution is 2.28. The van der Waals surface area contributed by atoms with Crippen molar-refractivity contribution in [2.45, 2.75) is 45.8 Å². The van der Waals surface area contributed by atoms with E-state index in [9.17, 15) is 5.11 Å². The van der Waals surface area contributed by atoms with E-state index in [0.717, 1.165) is 35.7 Å². The molecule has 1 unspecified atom stereocenters. The van der Waals surface area contributed by atoms with Gasteiger partial charge in [0.05, 0.1) is 18.4 Å². The summed E-state index contributed by atoms with van der Waals surface area (Å²) >= 11 is 0. The Bertz CT molecular complexity index is 603. The van der Waals surface area contributed by atoms with Gasteiger partial charge >= 0.3 is 0 Å². The lowest BCUT2D eigenvalue weighted by atomic mass is 9.91. The minimum Gasteiger partial charge on any atom is -0.497 e. The molecule has 1 aromatic carbocycles. The van der Waals surface area contributed by atoms with Gasteiger partial charge < -0.3 is 9.84 Å². The molecular weight excluding hydrogens is 264 g/mol. The Morgan fingerprint density at radius 3 is 2.67 bits per heavy atom. The third kappa shape index (κ3) is 3.45. The largest absolute Gasteiger partial charge is 0.497 e. The molecule has 0 aliphatic rings. The zero-order valence-electron chi connectivity index (χ0n) is 13.3. The molecule has 0 saturated carbocycles. The van der Waals surface area contributed by atoms with Crippen LogP contribution in [0.4, 0.5) is 0 Å². The fourth-order valence-electron chi connectivity index (χ4n) is 2.52. The Hall–Kier alpha value is -1.81. The summed E-state index contributed by atoms with van der Waals surface area (Å²) in [5.74, 6) is 0.756. The van der Waals surface area contributed by atoms with Crippen LogP contribution in [-0.2, 0) is 25.0 Å². The third-order valence-electron chi connectivity index (χ3n) is 3.79. The molecule has 0 bridgehead atoms. The maximum absolute atomic E-state index is 10.9. The summed E-state index contributed by atoms with van der Waals surface area (Å²) in [7, 11) is 1.63. The van der Waals surface area contributed by atoms with Crippen molar-refractivity contribution in [3.63, 3.8) is 0 Å². The molecule has 1 N–H and O–H groups in total. The molecule has 0 aliphatic carbocycles. The number of aromatic nitrogens is 2. The number of aliphatic hydroxyl groups is 1. The van der Waals surface area contributed by atoms with E-state index in [2.05, 4.69) is 25.0 Å². The van der Waals surface area contributed by atoms with Crippen LogP contribution in [0.2, 0.25) is 0 Å². The number of benzene rings is 1. The molecule has 2 rings (SSSR count). The van der Waals surface area contributed by atoms with Crippen molar-refractivity contribution in [1.29, 1.82) is 0 Å². The van der Waals surface area contributed by atoms with Gasteiger partial charge in [-0.05, 0) is 44.0 Å². The van der Waals surface area contributed by atoms with Gasteiger partial charge in [0.2, 0.25) is 0 Å². The van der Waals surface area contributed by atoms with Crippen LogP contribution in [0.1, 0.15) is 37.7 Å². The van der Waals surface area contributed by atoms with Crippen LogP contribution >= 0.6 is 0 Å². The molecule has 4 heteroatoms. The summed E-state index contributed by atoms with van der Waals surface area (Å²) in [6.07, 6.45) is 1.43. The Labute approximate surface area is 126 Å². The van der Waals surface area contributed by atoms with E-state index in [1.54, 1.807) is 7.11 Å². The van der Waals surface area contributed by atoms with Crippen LogP contribution in [-0.4, -0.2) is 22.0 Å². The van der Waals surface area contributed by atoms with Gasteiger partial charge in [0, 0.05) is 18.7 Å². The predicted octanol–water partition coefficient (Wildman–Crippen LogP) is 2.92. The standard InChI is InChI=1S/C17H24N2O2/c1-5-14-11-15(19(6-2)18-14)12-17(3,20)13-8-7-9-16(10-13)21-4/h7-11,20H,5-6,12H2,1-4H3. The van der Waals surface area contributed by atoms with Crippen LogP contribution in [0.3, 0.4) is 0 Å². The monoisotopic (exact) mass is 288 g/mol. The van der Waals surface area contributed by atoms with Gasteiger partial charge in [-0.1, -0.05) is 19.1 Å². The molecule has 0 spiro atoms. The minimum absolute atomic E-state index is 0.529. The van der Waals surface area contributed by atoms with Crippen molar-refractivity contribution >= 4 is 0 Å². The topological polar surface area (TPSA) is 47.3 Å². The van der Waals surface area contributed by atoms with Crippen LogP contribution in [0, 0.1) is 0 Å². The van der Waals surface area contributed by atoms with Gasteiger partial charge in [-0.25, -0.2) is 0 Å². The molecule has 114 valence electrons. The fourth-order valence-corrected chi connectivity index (χ4v) is 2.52. The second-order valence-corrected chi connectivity index (χ2v) is 5.48. The minimum atomic E-state index is -0.952. The predicted molar refractivity (Wildman–Crippen MR) is 83.5 cm³/mol. The zero-order chi connectivity index (χ0) is 15.5. The molecule has 4 nitrogen and oxygen atoms in total. The Morgan fingerprint density at radius 2 is 2.05 bits per heavy atom. The van der Waals surface area contributed by atoms with Crippen molar-refractivity contribution in [3.05, 3.63) is 47.3 Å². The number of aryl methyl sites for hydroxylation is 2. The number of ether oxygens (including phenoxy) is 1. The zero-order valence-corrected chi connectivity index (χ0v) is 13.3. The SMILES string of the molecule is CCc1cc(CC(C)(O)c2cccc(OC)c2)n(CC)n1. The first-order valence-corrected chi connectivity index (χ1v) is 7.42. The Kier molecular flexibility index (Phi) is 4.68. The molecular formula is C17H24N2O2. The lowest BCUT2D eigenvalue weighted by Gasteiger charge is -2.24. The van der Waals surface area contributed by atoms with E-state index in [4.69, 9.17) is 4.74 Å². The van der Waals surface area contributed by atoms with Crippen LogP contribution in [0.15, 0.2) is 30.3 Å². The van der Waals surface area contributed by atoms with E-state index < -0.39 is 5.60 Å². The average molecular weight is 288 g/mol. The van der Waals surface area contributed by atoms with Gasteiger partial charge in [0.25, 0.3) is 0 Å². The smallest absolute Gasteiger partial charge is 0.119 e. The highest BCUT2D eigenvalue weighted by Gasteiger charge is 2.26. The van der Waals surface area contributed by atoms with Gasteiger partial charge in [-0.3, -0.25) is 4.68 Å². The van der Waals surface area contributed by atoms with Crippen molar-refractivity contribution in [2.75, 3.05) is 7.11 Å². The van der Waals surface area contributed by atoms with E-state index in [0.29, 0.717) is 6.42 Å². The molecule has 1 atom stereocenters. The summed E-state index contributed by atoms with van der Waals surface area (Å²) in [4.78, 5) is 0. The molecule has 0 amide bonds. The van der Waals surface area contributed by atoms with Gasteiger partial charge in [-0.15, -0.1) is 0 Å². The normalized spacial score (nSPS) is 14.0. The maximum Gasteiger partial charge on any atom is 0.119 e. The van der Waals surface area contributed by atoms with E-state index in [1.807, 2.05) is 35.9 Å². The molecule has 0 aliphatic heterocycles. The van der Waals surface area contributed by atoms with Crippen molar-refractivity contribution in [2.24, 2.45) is 0 Å². The number of methoxy groups -OCH3 is 1. The van der Waals surface area contributed by atoms with Crippen LogP contribution in [0.5, 0.6) is 5.75 Å². The van der Waals surface area contributed by atoms with Gasteiger partial charge in [-0.2, -0.15) is 5.10 Å². The molecule has 1 heterocycles. The van der Waals surface area contributed by atoms with Crippen LogP contribution in [0.25, 0.3) is 0 Å². The Balaban J connectivity index is 2.29. The third-order valence-corrected chi connectivity index (χ3v) is 3.79. The number of nitrogens with zero attached hydrogens (tertiary/aromatic N) is 2. The molecule has 1 aromatic heterocycles. The van der Waals surface area contributed by atoms with Gasteiger partial charge in [0.15, 0.2) is 0 Å². The highest BCUT2D eigenvalue weighted by molar-refractivity contribution is 5.33. The molecule has 0 saturated heterocycles. The molecule has 0 radical (unpaired) electrons. The lowest BCUT2D eigenvalue weighted by molar-refractivity contribution is 0.0551. The van der Waals surface area contributed by atoms with Crippen LogP contribution < -0.4 is 4.74 Å². The summed E-state index contributed by atoms with van der Waals surface area (Å²) in [5, 5.41) is 15.4. The van der Waals surface area contributed by atoms with Crippen molar-refractivity contribution < 1.29 is 9.84 Å². The van der Waals surface area contributed by atoms with E-state index in [1.165, 1.54) is 0 Å². The van der Waals surface area contributed by atoms with Crippen molar-refractivity contribution in [3.8, 4) is 5.75 Å². The Morgan fingerprint density at radius 1 is 1.29 bits per heavy atom. The highest BCUT2D eigenvalue weighted by atomic mass is 16.5. The van der Waals surface area contributed by atoms with Gasteiger partial charge in [0.1, 0.15) is 5.75 Å². The summed E-state index contributed by atoms with van der Waals surface area (Å²) in [5.41, 5.74) is 2.02. The number of hydrogen-bond acceptors (Lipinski definition) is 3. The first-order chi connectivity index (χ1) is 10.00. The fraction of sp³-hybridized carbons (Fsp3) is 0.471. The summed E-state index contributed by atoms with van der Waals surface area (Å²) < 4.78 is 7.20. The maximum atomic E-state index is 10.9. The molecule has 21 heavy (non-hydrogen) atoms. The van der Waals surface area contributed by atoms with E-state index >= 15 is 0 Å². The second-order valence-electron chi connectivity index (χ2n) is 5.48. The number of hydrogen-bond donors (Lipinski definition) is 1. The summed E-state index contributed by atoms with van der Waals surface area (Å²) in [6.45, 7) is 6.80. The first-order valence-electron chi connectivity index (χ1n) is 7.42. The lowest BCUT2D eigenvalue weighted by Crippen LogP contribution is -2.25. The van der Waals surface area contributed by atoms with E-state index in [-0.39, 0.29) is 0 Å². The molecule has 0 fully saturated rings. The summed E-state index contributed by atoms with van der Waals surface area (Å²) in [6, 6.07) is 9.67. The first kappa shape index (κ1) is 15.6. The number of rotatable bonds is 6. The van der Waals surface area contributed by atoms with Crippen molar-refractivity contribution in [1.82, 2.24) is 9.78 Å². The molecule has 2 aromatic rings.